The van der Waals surface area contributed by atoms with E-state index in [1.54, 1.807) is 0 Å². The van der Waals surface area contributed by atoms with E-state index in [2.05, 4.69) is 20.3 Å². The summed E-state index contributed by atoms with van der Waals surface area (Å²) in [6.07, 6.45) is 3.54. The van der Waals surface area contributed by atoms with Crippen molar-refractivity contribution in [3.63, 3.8) is 0 Å². The summed E-state index contributed by atoms with van der Waals surface area (Å²) in [7, 11) is 0. The molecule has 1 amide bonds. The van der Waals surface area contributed by atoms with Gasteiger partial charge in [-0.3, -0.25) is 4.79 Å². The predicted octanol–water partition coefficient (Wildman–Crippen LogP) is 0.419. The average Bonchev–Trinajstić information content (AvgIpc) is 2.45. The molecule has 94 valence electrons. The Balaban J connectivity index is 1.89. The topological polar surface area (TPSA) is 67.2 Å². The second kappa shape index (κ2) is 4.97. The number of rotatable bonds is 3. The second-order valence-electron chi connectivity index (χ2n) is 4.21. The Hall–Kier alpha value is -2.56. The summed E-state index contributed by atoms with van der Waals surface area (Å²) in [6.45, 7) is 0.673. The quantitative estimate of drug-likeness (QED) is 0.859. The summed E-state index contributed by atoms with van der Waals surface area (Å²) in [5, 5.41) is 4.05. The van der Waals surface area contributed by atoms with Gasteiger partial charge in [0, 0.05) is 13.0 Å². The number of nitrogens with one attached hydrogen (secondary N) is 1. The fraction of sp³-hybridized carbons (Fsp3) is 0.143. The Morgan fingerprint density at radius 3 is 2.84 bits per heavy atom. The van der Waals surface area contributed by atoms with E-state index >= 15 is 0 Å². The van der Waals surface area contributed by atoms with E-state index in [1.165, 1.54) is 11.9 Å². The highest BCUT2D eigenvalue weighted by atomic mass is 16.1. The molecule has 0 spiro atoms. The SMILES string of the molecule is O=C1CC=c2c(NCc3ccccc3)ncnc2=N1. The lowest BCUT2D eigenvalue weighted by molar-refractivity contribution is -0.117. The van der Waals surface area contributed by atoms with Crippen LogP contribution in [0, 0.1) is 0 Å². The van der Waals surface area contributed by atoms with Gasteiger partial charge in [0.15, 0.2) is 5.49 Å². The summed E-state index contributed by atoms with van der Waals surface area (Å²) in [5.74, 6) is 0.547. The molecular weight excluding hydrogens is 240 g/mol. The summed E-state index contributed by atoms with van der Waals surface area (Å²) in [5.41, 5.74) is 1.61. The average molecular weight is 252 g/mol. The fourth-order valence-electron chi connectivity index (χ4n) is 1.94. The van der Waals surface area contributed by atoms with Crippen molar-refractivity contribution < 1.29 is 4.79 Å². The van der Waals surface area contributed by atoms with Crippen LogP contribution in [0.4, 0.5) is 5.82 Å². The van der Waals surface area contributed by atoms with Crippen LogP contribution in [-0.2, 0) is 11.3 Å². The molecule has 0 radical (unpaired) electrons. The van der Waals surface area contributed by atoms with Gasteiger partial charge in [-0.05, 0) is 5.56 Å². The molecule has 0 saturated heterocycles. The molecule has 0 bridgehead atoms. The molecule has 0 aliphatic carbocycles. The zero-order chi connectivity index (χ0) is 13.1. The number of aromatic nitrogens is 2. The molecule has 0 saturated carbocycles. The van der Waals surface area contributed by atoms with Gasteiger partial charge in [-0.15, -0.1) is 0 Å². The Kier molecular flexibility index (Phi) is 3.02. The van der Waals surface area contributed by atoms with Crippen molar-refractivity contribution in [2.45, 2.75) is 13.0 Å². The molecule has 5 heteroatoms. The highest BCUT2D eigenvalue weighted by Crippen LogP contribution is 2.01. The molecule has 0 unspecified atom stereocenters. The maximum absolute atomic E-state index is 11.2. The van der Waals surface area contributed by atoms with Crippen LogP contribution < -0.4 is 16.0 Å². The number of nitrogens with zero attached hydrogens (tertiary/aromatic N) is 3. The van der Waals surface area contributed by atoms with E-state index in [0.717, 1.165) is 5.22 Å². The third-order valence-electron chi connectivity index (χ3n) is 2.88. The maximum atomic E-state index is 11.2. The number of carbonyl (C=O) groups excluding carboxylic acids is 1. The van der Waals surface area contributed by atoms with Crippen LogP contribution in [0.15, 0.2) is 41.7 Å². The Bertz CT molecular complexity index is 725. The number of amides is 1. The summed E-state index contributed by atoms with van der Waals surface area (Å²) >= 11 is 0. The molecule has 1 N–H and O–H groups in total. The van der Waals surface area contributed by atoms with Crippen LogP contribution in [0.2, 0.25) is 0 Å². The molecule has 0 atom stereocenters. The van der Waals surface area contributed by atoms with Crippen molar-refractivity contribution in [3.8, 4) is 0 Å². The van der Waals surface area contributed by atoms with Crippen LogP contribution in [-0.4, -0.2) is 15.9 Å². The van der Waals surface area contributed by atoms with E-state index in [-0.39, 0.29) is 5.91 Å². The first kappa shape index (κ1) is 11.5. The van der Waals surface area contributed by atoms with Crippen LogP contribution in [0.5, 0.6) is 0 Å². The van der Waals surface area contributed by atoms with Gasteiger partial charge in [-0.25, -0.2) is 9.97 Å². The first-order valence-corrected chi connectivity index (χ1v) is 6.03. The number of anilines is 1. The van der Waals surface area contributed by atoms with Gasteiger partial charge in [0.2, 0.25) is 0 Å². The Labute approximate surface area is 109 Å². The number of fused-ring (bicyclic) bond motifs is 1. The Morgan fingerprint density at radius 1 is 1.16 bits per heavy atom. The zero-order valence-electron chi connectivity index (χ0n) is 10.2. The highest BCUT2D eigenvalue weighted by Gasteiger charge is 2.07. The lowest BCUT2D eigenvalue weighted by atomic mass is 10.2. The molecule has 0 fully saturated rings. The smallest absolute Gasteiger partial charge is 0.251 e. The van der Waals surface area contributed by atoms with Gasteiger partial charge in [-0.1, -0.05) is 36.4 Å². The Morgan fingerprint density at radius 2 is 2.00 bits per heavy atom. The first-order chi connectivity index (χ1) is 9.33. The van der Waals surface area contributed by atoms with Crippen molar-refractivity contribution in [2.75, 3.05) is 5.32 Å². The minimum Gasteiger partial charge on any atom is -0.365 e. The van der Waals surface area contributed by atoms with Crippen molar-refractivity contribution in [2.24, 2.45) is 4.99 Å². The van der Waals surface area contributed by atoms with Crippen LogP contribution in [0.1, 0.15) is 12.0 Å². The van der Waals surface area contributed by atoms with Crippen molar-refractivity contribution >= 4 is 17.8 Å². The van der Waals surface area contributed by atoms with E-state index in [9.17, 15) is 4.79 Å². The van der Waals surface area contributed by atoms with Gasteiger partial charge < -0.3 is 5.32 Å². The largest absolute Gasteiger partial charge is 0.365 e. The molecule has 1 aromatic carbocycles. The molecule has 5 nitrogen and oxygen atoms in total. The zero-order valence-corrected chi connectivity index (χ0v) is 10.2. The lowest BCUT2D eigenvalue weighted by Crippen LogP contribution is -2.35. The molecular formula is C14H12N4O. The van der Waals surface area contributed by atoms with E-state index < -0.39 is 0 Å². The van der Waals surface area contributed by atoms with Crippen molar-refractivity contribution in [1.29, 1.82) is 0 Å². The first-order valence-electron chi connectivity index (χ1n) is 6.03. The number of hydrogen-bond acceptors (Lipinski definition) is 4. The summed E-state index contributed by atoms with van der Waals surface area (Å²) in [4.78, 5) is 23.4. The molecule has 19 heavy (non-hydrogen) atoms. The molecule has 1 aliphatic heterocycles. The van der Waals surface area contributed by atoms with Gasteiger partial charge >= 0.3 is 0 Å². The predicted molar refractivity (Wildman–Crippen MR) is 70.7 cm³/mol. The normalized spacial score (nSPS) is 13.2. The maximum Gasteiger partial charge on any atom is 0.251 e. The van der Waals surface area contributed by atoms with Crippen LogP contribution in [0.25, 0.3) is 6.08 Å². The standard InChI is InChI=1S/C14H12N4O/c19-12-7-6-11-13(16-9-17-14(11)18-12)15-8-10-4-2-1-3-5-10/h1-6,9H,7-8H2,(H,15,16,17,18,19). The van der Waals surface area contributed by atoms with Gasteiger partial charge in [0.25, 0.3) is 5.91 Å². The van der Waals surface area contributed by atoms with Gasteiger partial charge in [0.05, 0.1) is 5.22 Å². The minimum absolute atomic E-state index is 0.166. The second-order valence-corrected chi connectivity index (χ2v) is 4.21. The van der Waals surface area contributed by atoms with Gasteiger partial charge in [-0.2, -0.15) is 4.99 Å². The number of carbonyl (C=O) groups is 1. The molecule has 1 aliphatic rings. The monoisotopic (exact) mass is 252 g/mol. The summed E-state index contributed by atoms with van der Waals surface area (Å²) in [6, 6.07) is 10.0. The van der Waals surface area contributed by atoms with Crippen LogP contribution >= 0.6 is 0 Å². The fourth-order valence-corrected chi connectivity index (χ4v) is 1.94. The third-order valence-corrected chi connectivity index (χ3v) is 2.88. The van der Waals surface area contributed by atoms with Crippen molar-refractivity contribution in [3.05, 3.63) is 52.9 Å². The van der Waals surface area contributed by atoms with E-state index in [0.29, 0.717) is 24.3 Å². The lowest BCUT2D eigenvalue weighted by Gasteiger charge is -2.07. The number of benzene rings is 1. The molecule has 2 heterocycles. The highest BCUT2D eigenvalue weighted by molar-refractivity contribution is 5.83. The van der Waals surface area contributed by atoms with Crippen molar-refractivity contribution in [1.82, 2.24) is 9.97 Å². The molecule has 2 aromatic rings. The van der Waals surface area contributed by atoms with E-state index in [1.807, 2.05) is 36.4 Å². The molecule has 3 rings (SSSR count). The van der Waals surface area contributed by atoms with Crippen LogP contribution in [0.3, 0.4) is 0 Å². The minimum atomic E-state index is -0.166. The van der Waals surface area contributed by atoms with Gasteiger partial charge in [0.1, 0.15) is 12.1 Å². The number of hydrogen-bond donors (Lipinski definition) is 1. The molecule has 1 aromatic heterocycles. The third kappa shape index (κ3) is 2.49. The summed E-state index contributed by atoms with van der Waals surface area (Å²) < 4.78 is 0. The van der Waals surface area contributed by atoms with E-state index in [4.69, 9.17) is 0 Å².